The second-order valence-corrected chi connectivity index (χ2v) is 6.13. The first-order valence-electron chi connectivity index (χ1n) is 5.85. The van der Waals surface area contributed by atoms with Crippen molar-refractivity contribution in [2.24, 2.45) is 5.73 Å². The summed E-state index contributed by atoms with van der Waals surface area (Å²) in [6.45, 7) is 1.78. The third kappa shape index (κ3) is 3.12. The van der Waals surface area contributed by atoms with Gasteiger partial charge in [-0.2, -0.15) is 0 Å². The van der Waals surface area contributed by atoms with Crippen LogP contribution in [-0.4, -0.2) is 26.8 Å². The normalized spacial score (nSPS) is 11.0. The van der Waals surface area contributed by atoms with E-state index in [1.54, 1.807) is 12.1 Å². The van der Waals surface area contributed by atoms with Crippen molar-refractivity contribution in [1.82, 2.24) is 0 Å². The summed E-state index contributed by atoms with van der Waals surface area (Å²) in [6.07, 6.45) is 1.20. The Hall–Kier alpha value is -1.43. The van der Waals surface area contributed by atoms with E-state index in [1.165, 1.54) is 13.3 Å². The minimum Gasteiger partial charge on any atom is -0.392 e. The Balaban J connectivity index is 0.000000861. The molecule has 2 aromatic carbocycles. The van der Waals surface area contributed by atoms with E-state index in [1.807, 2.05) is 25.1 Å². The van der Waals surface area contributed by atoms with Crippen molar-refractivity contribution in [1.29, 1.82) is 0 Å². The molecule has 0 saturated carbocycles. The van der Waals surface area contributed by atoms with Gasteiger partial charge in [-0.15, -0.1) is 0 Å². The van der Waals surface area contributed by atoms with Crippen LogP contribution < -0.4 is 5.73 Å². The van der Waals surface area contributed by atoms with E-state index in [0.717, 1.165) is 16.5 Å². The summed E-state index contributed by atoms with van der Waals surface area (Å²) in [5.41, 5.74) is 6.15. The lowest BCUT2D eigenvalue weighted by Gasteiger charge is -2.11. The first kappa shape index (κ1) is 15.6. The molecule has 0 spiro atoms. The number of hydrogen-bond acceptors (Lipinski definition) is 4. The lowest BCUT2D eigenvalue weighted by atomic mass is 10.0. The molecule has 4 nitrogen and oxygen atoms in total. The van der Waals surface area contributed by atoms with E-state index in [2.05, 4.69) is 5.73 Å². The maximum Gasteiger partial charge on any atom is 0.176 e. The third-order valence-electron chi connectivity index (χ3n) is 2.87. The number of aliphatic hydroxyl groups excluding tert-OH is 1. The van der Waals surface area contributed by atoms with Crippen molar-refractivity contribution in [2.45, 2.75) is 18.4 Å². The number of sulfone groups is 1. The van der Waals surface area contributed by atoms with Gasteiger partial charge in [-0.05, 0) is 36.6 Å². The van der Waals surface area contributed by atoms with E-state index in [0.29, 0.717) is 10.3 Å². The maximum absolute atomic E-state index is 11.7. The zero-order valence-electron chi connectivity index (χ0n) is 11.3. The average Bonchev–Trinajstić information content (AvgIpc) is 2.39. The molecule has 19 heavy (non-hydrogen) atoms. The molecule has 0 unspecified atom stereocenters. The molecule has 0 aliphatic heterocycles. The zero-order valence-corrected chi connectivity index (χ0v) is 12.2. The van der Waals surface area contributed by atoms with E-state index < -0.39 is 9.84 Å². The molecule has 0 fully saturated rings. The van der Waals surface area contributed by atoms with Gasteiger partial charge in [0.05, 0.1) is 11.5 Å². The largest absolute Gasteiger partial charge is 0.392 e. The van der Waals surface area contributed by atoms with Crippen LogP contribution in [0.1, 0.15) is 11.1 Å². The molecule has 2 aromatic rings. The lowest BCUT2D eigenvalue weighted by molar-refractivity contribution is 0.283. The summed E-state index contributed by atoms with van der Waals surface area (Å²) < 4.78 is 23.5. The SMILES string of the molecule is CN.Cc1cccc2c(CO)ccc(S(C)(=O)=O)c12. The quantitative estimate of drug-likeness (QED) is 0.876. The molecule has 0 aliphatic rings. The molecule has 2 rings (SSSR count). The van der Waals surface area contributed by atoms with Crippen molar-refractivity contribution in [2.75, 3.05) is 13.3 Å². The molecule has 0 radical (unpaired) electrons. The summed E-state index contributed by atoms with van der Waals surface area (Å²) in [4.78, 5) is 0.322. The Bertz CT molecular complexity index is 678. The predicted molar refractivity (Wildman–Crippen MR) is 77.8 cm³/mol. The monoisotopic (exact) mass is 281 g/mol. The Morgan fingerprint density at radius 3 is 2.32 bits per heavy atom. The first-order valence-corrected chi connectivity index (χ1v) is 7.74. The molecular formula is C14H19NO3S. The summed E-state index contributed by atoms with van der Waals surface area (Å²) in [6, 6.07) is 8.80. The Kier molecular flexibility index (Phi) is 5.05. The van der Waals surface area contributed by atoms with E-state index in [4.69, 9.17) is 0 Å². The van der Waals surface area contributed by atoms with Crippen molar-refractivity contribution in [3.8, 4) is 0 Å². The average molecular weight is 281 g/mol. The van der Waals surface area contributed by atoms with Crippen LogP contribution in [-0.2, 0) is 16.4 Å². The number of hydrogen-bond donors (Lipinski definition) is 2. The van der Waals surface area contributed by atoms with Gasteiger partial charge in [0.25, 0.3) is 0 Å². The van der Waals surface area contributed by atoms with Crippen LogP contribution >= 0.6 is 0 Å². The number of nitrogens with two attached hydrogens (primary N) is 1. The topological polar surface area (TPSA) is 80.4 Å². The van der Waals surface area contributed by atoms with Gasteiger partial charge in [0.2, 0.25) is 0 Å². The predicted octanol–water partition coefficient (Wildman–Crippen LogP) is 1.62. The van der Waals surface area contributed by atoms with Gasteiger partial charge in [-0.25, -0.2) is 8.42 Å². The third-order valence-corrected chi connectivity index (χ3v) is 4.01. The summed E-state index contributed by atoms with van der Waals surface area (Å²) in [5.74, 6) is 0. The lowest BCUT2D eigenvalue weighted by Crippen LogP contribution is -2.01. The second kappa shape index (κ2) is 6.14. The maximum atomic E-state index is 11.7. The van der Waals surface area contributed by atoms with Crippen LogP contribution in [0.25, 0.3) is 10.8 Å². The van der Waals surface area contributed by atoms with Gasteiger partial charge in [0.15, 0.2) is 9.84 Å². The standard InChI is InChI=1S/C13H14O3S.CH5N/c1-9-4-3-5-11-10(8-14)6-7-12(13(9)11)17(2,15)16;1-2/h3-7,14H,8H2,1-2H3;2H2,1H3. The van der Waals surface area contributed by atoms with Crippen molar-refractivity contribution in [3.05, 3.63) is 41.5 Å². The van der Waals surface area contributed by atoms with Gasteiger partial charge >= 0.3 is 0 Å². The summed E-state index contributed by atoms with van der Waals surface area (Å²) in [5, 5.41) is 10.8. The minimum absolute atomic E-state index is 0.0933. The number of fused-ring (bicyclic) bond motifs is 1. The number of aryl methyl sites for hydroxylation is 1. The molecule has 104 valence electrons. The van der Waals surface area contributed by atoms with Crippen LogP contribution in [0.4, 0.5) is 0 Å². The van der Waals surface area contributed by atoms with Gasteiger partial charge in [-0.3, -0.25) is 0 Å². The van der Waals surface area contributed by atoms with E-state index in [-0.39, 0.29) is 6.61 Å². The number of rotatable bonds is 2. The fourth-order valence-electron chi connectivity index (χ4n) is 2.06. The van der Waals surface area contributed by atoms with Crippen LogP contribution in [0.2, 0.25) is 0 Å². The minimum atomic E-state index is -3.26. The number of benzene rings is 2. The van der Waals surface area contributed by atoms with Crippen molar-refractivity contribution >= 4 is 20.6 Å². The molecule has 0 amide bonds. The fraction of sp³-hybridized carbons (Fsp3) is 0.286. The molecule has 0 aromatic heterocycles. The second-order valence-electron chi connectivity index (χ2n) is 4.15. The first-order chi connectivity index (χ1) is 8.95. The molecule has 0 aliphatic carbocycles. The smallest absolute Gasteiger partial charge is 0.176 e. The molecule has 0 heterocycles. The number of aliphatic hydroxyl groups is 1. The molecule has 5 heteroatoms. The molecule has 3 N–H and O–H groups in total. The molecular weight excluding hydrogens is 262 g/mol. The summed E-state index contributed by atoms with van der Waals surface area (Å²) >= 11 is 0. The van der Waals surface area contributed by atoms with Gasteiger partial charge in [-0.1, -0.05) is 24.3 Å². The highest BCUT2D eigenvalue weighted by Gasteiger charge is 2.15. The van der Waals surface area contributed by atoms with Crippen molar-refractivity contribution in [3.63, 3.8) is 0 Å². The highest BCUT2D eigenvalue weighted by Crippen LogP contribution is 2.29. The highest BCUT2D eigenvalue weighted by atomic mass is 32.2. The Morgan fingerprint density at radius 2 is 1.79 bits per heavy atom. The zero-order chi connectivity index (χ0) is 14.6. The molecule has 0 saturated heterocycles. The Morgan fingerprint density at radius 1 is 1.16 bits per heavy atom. The highest BCUT2D eigenvalue weighted by molar-refractivity contribution is 7.91. The summed E-state index contributed by atoms with van der Waals surface area (Å²) in [7, 11) is -1.76. The van der Waals surface area contributed by atoms with Gasteiger partial charge < -0.3 is 10.8 Å². The fourth-order valence-corrected chi connectivity index (χ4v) is 3.02. The van der Waals surface area contributed by atoms with Gasteiger partial charge in [0, 0.05) is 11.6 Å². The van der Waals surface area contributed by atoms with E-state index in [9.17, 15) is 13.5 Å². The van der Waals surface area contributed by atoms with Crippen LogP contribution in [0.5, 0.6) is 0 Å². The van der Waals surface area contributed by atoms with E-state index >= 15 is 0 Å². The van der Waals surface area contributed by atoms with Crippen LogP contribution in [0.3, 0.4) is 0 Å². The van der Waals surface area contributed by atoms with Gasteiger partial charge in [0.1, 0.15) is 0 Å². The van der Waals surface area contributed by atoms with Crippen LogP contribution in [0, 0.1) is 6.92 Å². The molecule has 0 bridgehead atoms. The molecule has 0 atom stereocenters. The Labute approximate surface area is 113 Å². The van der Waals surface area contributed by atoms with Crippen LogP contribution in [0.15, 0.2) is 35.2 Å². The van der Waals surface area contributed by atoms with Crippen molar-refractivity contribution < 1.29 is 13.5 Å².